The second-order valence-electron chi connectivity index (χ2n) is 10.9. The maximum absolute atomic E-state index is 12.8. The number of carbonyl (C=O) groups excluding carboxylic acids is 2. The number of hydrogen-bond acceptors (Lipinski definition) is 10. The van der Waals surface area contributed by atoms with Gasteiger partial charge in [0, 0.05) is 48.6 Å². The van der Waals surface area contributed by atoms with Crippen LogP contribution in [0.3, 0.4) is 0 Å². The fraction of sp³-hybridized carbons (Fsp3) is 0.548. The van der Waals surface area contributed by atoms with Crippen LogP contribution in [0.2, 0.25) is 10.0 Å². The number of sulfonamides is 1. The number of carbonyl (C=O) groups is 2. The zero-order valence-corrected chi connectivity index (χ0v) is 28.4. The molecule has 2 aromatic carbocycles. The highest BCUT2D eigenvalue weighted by atomic mass is 35.5. The largest absolute Gasteiger partial charge is 0.382 e. The molecule has 0 aliphatic carbocycles. The average molecular weight is 705 g/mol. The molecule has 0 saturated heterocycles. The van der Waals surface area contributed by atoms with Crippen LogP contribution in [0, 0.1) is 0 Å². The number of amides is 1. The van der Waals surface area contributed by atoms with E-state index in [1.165, 1.54) is 0 Å². The van der Waals surface area contributed by atoms with Crippen LogP contribution < -0.4 is 10.0 Å². The molecule has 1 aliphatic heterocycles. The lowest BCUT2D eigenvalue weighted by Crippen LogP contribution is -2.46. The Morgan fingerprint density at radius 1 is 0.957 bits per heavy atom. The standard InChI is InChI=1S/C31H43Cl2N3O9S/c1-3-4-28(37)29(38)30(39)31(40)34-9-11-43-13-15-45-16-14-44-12-10-35-46(41,42)23-7-5-21(6-8-23)25-19-36(2)20-26-24(25)17-22(32)18-27(26)33/h5-8,17-18,25,29-30,35,38-39H,3-4,9-16,19-20H2,1-2H3,(H,34,40)/t25-,29+,30-/m0/s1. The Labute approximate surface area is 280 Å². The summed E-state index contributed by atoms with van der Waals surface area (Å²) in [5.41, 5.74) is 3.05. The van der Waals surface area contributed by atoms with E-state index in [0.29, 0.717) is 16.5 Å². The number of nitrogens with one attached hydrogen (secondary N) is 2. The summed E-state index contributed by atoms with van der Waals surface area (Å²) in [5.74, 6) is -1.42. The number of halogens is 2. The van der Waals surface area contributed by atoms with E-state index in [0.717, 1.165) is 29.8 Å². The van der Waals surface area contributed by atoms with Gasteiger partial charge in [-0.1, -0.05) is 42.3 Å². The third-order valence-corrected chi connectivity index (χ3v) is 9.34. The summed E-state index contributed by atoms with van der Waals surface area (Å²) in [4.78, 5) is 25.7. The van der Waals surface area contributed by atoms with E-state index < -0.39 is 33.9 Å². The summed E-state index contributed by atoms with van der Waals surface area (Å²) >= 11 is 12.7. The third kappa shape index (κ3) is 11.5. The van der Waals surface area contributed by atoms with Crippen LogP contribution in [-0.4, -0.2) is 114 Å². The lowest BCUT2D eigenvalue weighted by atomic mass is 9.85. The lowest BCUT2D eigenvalue weighted by molar-refractivity contribution is -0.145. The van der Waals surface area contributed by atoms with Crippen molar-refractivity contribution in [2.45, 2.75) is 49.3 Å². The molecule has 256 valence electrons. The molecule has 4 N–H and O–H groups in total. The zero-order valence-electron chi connectivity index (χ0n) is 26.0. The smallest absolute Gasteiger partial charge is 0.252 e. The predicted octanol–water partition coefficient (Wildman–Crippen LogP) is 2.11. The molecule has 0 saturated carbocycles. The highest BCUT2D eigenvalue weighted by Gasteiger charge is 2.29. The molecular weight excluding hydrogens is 661 g/mol. The molecule has 0 unspecified atom stereocenters. The monoisotopic (exact) mass is 703 g/mol. The van der Waals surface area contributed by atoms with Gasteiger partial charge in [-0.25, -0.2) is 13.1 Å². The number of nitrogens with zero attached hydrogens (tertiary/aromatic N) is 1. The zero-order chi connectivity index (χ0) is 33.7. The Morgan fingerprint density at radius 3 is 2.20 bits per heavy atom. The second-order valence-corrected chi connectivity index (χ2v) is 13.5. The normalized spacial score (nSPS) is 16.5. The van der Waals surface area contributed by atoms with Gasteiger partial charge in [0.05, 0.1) is 44.5 Å². The first-order valence-corrected chi connectivity index (χ1v) is 17.3. The summed E-state index contributed by atoms with van der Waals surface area (Å²) < 4.78 is 44.3. The molecule has 46 heavy (non-hydrogen) atoms. The Balaban J connectivity index is 1.27. The van der Waals surface area contributed by atoms with Crippen molar-refractivity contribution < 1.29 is 42.4 Å². The minimum Gasteiger partial charge on any atom is -0.382 e. The Kier molecular flexibility index (Phi) is 15.8. The van der Waals surface area contributed by atoms with Gasteiger partial charge in [-0.3, -0.25) is 9.59 Å². The molecule has 15 heteroatoms. The van der Waals surface area contributed by atoms with Crippen molar-refractivity contribution in [1.82, 2.24) is 14.9 Å². The lowest BCUT2D eigenvalue weighted by Gasteiger charge is -2.33. The number of fused-ring (bicyclic) bond motifs is 1. The molecule has 0 radical (unpaired) electrons. The van der Waals surface area contributed by atoms with Crippen molar-refractivity contribution in [1.29, 1.82) is 0 Å². The number of hydrogen-bond donors (Lipinski definition) is 4. The molecule has 1 amide bonds. The highest BCUT2D eigenvalue weighted by molar-refractivity contribution is 7.89. The Morgan fingerprint density at radius 2 is 1.57 bits per heavy atom. The summed E-state index contributed by atoms with van der Waals surface area (Å²) in [5, 5.41) is 23.0. The van der Waals surface area contributed by atoms with E-state index in [2.05, 4.69) is 14.9 Å². The first-order valence-electron chi connectivity index (χ1n) is 15.1. The van der Waals surface area contributed by atoms with Gasteiger partial charge in [0.1, 0.15) is 6.10 Å². The van der Waals surface area contributed by atoms with Gasteiger partial charge < -0.3 is 34.6 Å². The van der Waals surface area contributed by atoms with Gasteiger partial charge in [0.25, 0.3) is 5.91 Å². The summed E-state index contributed by atoms with van der Waals surface area (Å²) in [6.07, 6.45) is -2.98. The van der Waals surface area contributed by atoms with Crippen LogP contribution in [-0.2, 0) is 40.4 Å². The summed E-state index contributed by atoms with van der Waals surface area (Å²) in [6.45, 7) is 4.78. The van der Waals surface area contributed by atoms with E-state index in [9.17, 15) is 28.2 Å². The fourth-order valence-corrected chi connectivity index (χ4v) is 6.53. The molecule has 1 heterocycles. The van der Waals surface area contributed by atoms with Crippen LogP contribution in [0.1, 0.15) is 42.4 Å². The van der Waals surface area contributed by atoms with Crippen molar-refractivity contribution in [3.8, 4) is 0 Å². The number of ketones is 1. The van der Waals surface area contributed by atoms with Crippen LogP contribution in [0.4, 0.5) is 0 Å². The number of Topliss-reactive ketones (excluding diaryl/α,β-unsaturated/α-hetero) is 1. The third-order valence-electron chi connectivity index (χ3n) is 7.31. The number of aliphatic hydroxyl groups is 2. The molecule has 3 rings (SSSR count). The van der Waals surface area contributed by atoms with Gasteiger partial charge in [-0.2, -0.15) is 0 Å². The summed E-state index contributed by atoms with van der Waals surface area (Å²) in [7, 11) is -1.71. The molecule has 12 nitrogen and oxygen atoms in total. The minimum absolute atomic E-state index is 0.00862. The van der Waals surface area contributed by atoms with E-state index in [1.54, 1.807) is 25.1 Å². The van der Waals surface area contributed by atoms with Crippen molar-refractivity contribution in [2.24, 2.45) is 0 Å². The van der Waals surface area contributed by atoms with Crippen LogP contribution >= 0.6 is 23.2 Å². The predicted molar refractivity (Wildman–Crippen MR) is 174 cm³/mol. The quantitative estimate of drug-likeness (QED) is 0.150. The molecule has 0 fully saturated rings. The Hall–Kier alpha value is -2.17. The van der Waals surface area contributed by atoms with Gasteiger partial charge in [-0.15, -0.1) is 0 Å². The maximum Gasteiger partial charge on any atom is 0.252 e. The van der Waals surface area contributed by atoms with Gasteiger partial charge in [0.15, 0.2) is 11.9 Å². The number of ether oxygens (including phenoxy) is 3. The first kappa shape index (κ1) is 38.3. The van der Waals surface area contributed by atoms with Gasteiger partial charge in [-0.05, 0) is 54.4 Å². The maximum atomic E-state index is 12.8. The van der Waals surface area contributed by atoms with Crippen molar-refractivity contribution in [3.05, 3.63) is 63.1 Å². The minimum atomic E-state index is -3.72. The van der Waals surface area contributed by atoms with Crippen molar-refractivity contribution >= 4 is 44.9 Å². The molecule has 0 aromatic heterocycles. The topological polar surface area (TPSA) is 164 Å². The van der Waals surface area contributed by atoms with E-state index >= 15 is 0 Å². The van der Waals surface area contributed by atoms with Gasteiger partial charge in [0.2, 0.25) is 10.0 Å². The SMILES string of the molecule is CCCC(=O)[C@@H](O)[C@H](O)C(=O)NCCOCCOCCOCCNS(=O)(=O)c1ccc([C@@H]2CN(C)Cc3c(Cl)cc(Cl)cc32)cc1. The van der Waals surface area contributed by atoms with Crippen LogP contribution in [0.25, 0.3) is 0 Å². The molecule has 1 aliphatic rings. The molecule has 2 aromatic rings. The fourth-order valence-electron chi connectivity index (χ4n) is 4.95. The van der Waals surface area contributed by atoms with E-state index in [4.69, 9.17) is 37.4 Å². The van der Waals surface area contributed by atoms with Gasteiger partial charge >= 0.3 is 0 Å². The molecule has 3 atom stereocenters. The number of aliphatic hydroxyl groups excluding tert-OH is 2. The molecule has 0 spiro atoms. The van der Waals surface area contributed by atoms with Crippen LogP contribution in [0.5, 0.6) is 0 Å². The second kappa shape index (κ2) is 19.0. The Bertz CT molecular complexity index is 1400. The van der Waals surface area contributed by atoms with E-state index in [1.807, 2.05) is 25.2 Å². The first-order chi connectivity index (χ1) is 21.9. The number of likely N-dealkylation sites (N-methyl/N-ethyl adjacent to an activating group) is 1. The van der Waals surface area contributed by atoms with E-state index in [-0.39, 0.29) is 70.0 Å². The number of rotatable bonds is 20. The summed E-state index contributed by atoms with van der Waals surface area (Å²) in [6, 6.07) is 10.5. The van der Waals surface area contributed by atoms with Crippen LogP contribution in [0.15, 0.2) is 41.3 Å². The molecular formula is C31H43Cl2N3O9S. The highest BCUT2D eigenvalue weighted by Crippen LogP contribution is 2.38. The van der Waals surface area contributed by atoms with Crippen molar-refractivity contribution in [2.75, 3.05) is 66.3 Å². The molecule has 0 bridgehead atoms. The average Bonchev–Trinajstić information content (AvgIpc) is 3.02. The number of benzene rings is 2. The van der Waals surface area contributed by atoms with Crippen molar-refractivity contribution in [3.63, 3.8) is 0 Å².